The fraction of sp³-hybridized carbons (Fsp3) is 0.412. The lowest BCUT2D eigenvalue weighted by atomic mass is 9.95. The Hall–Kier alpha value is -1.85. The molecule has 0 aliphatic heterocycles. The highest BCUT2D eigenvalue weighted by Crippen LogP contribution is 2.32. The zero-order valence-electron chi connectivity index (χ0n) is 13.1. The summed E-state index contributed by atoms with van der Waals surface area (Å²) >= 11 is 0. The van der Waals surface area contributed by atoms with Crippen molar-refractivity contribution in [3.8, 4) is 0 Å². The first kappa shape index (κ1) is 19.2. The first-order valence-corrected chi connectivity index (χ1v) is 7.66. The van der Waals surface area contributed by atoms with E-state index >= 15 is 0 Å². The average molecular weight is 338 g/mol. The molecule has 1 aliphatic carbocycles. The first-order chi connectivity index (χ1) is 10.7. The standard InChI is InChI=1S/C17H23N3O2.ClH/c1-2-10-19-16(21)14-7-3-4-9-15(14)20-17(22)13-8-5-6-12(13)11-18;/h2-4,7,9,12-13H,1,5-6,8,10-11,18H2,(H,19,21)(H,20,22);1H/t12-,13-;/m1./s1. The van der Waals surface area contributed by atoms with Gasteiger partial charge in [-0.3, -0.25) is 9.59 Å². The van der Waals surface area contributed by atoms with Crippen molar-refractivity contribution in [3.05, 3.63) is 42.5 Å². The molecule has 126 valence electrons. The van der Waals surface area contributed by atoms with Gasteiger partial charge < -0.3 is 16.4 Å². The molecule has 2 atom stereocenters. The molecule has 23 heavy (non-hydrogen) atoms. The lowest BCUT2D eigenvalue weighted by Gasteiger charge is -2.18. The lowest BCUT2D eigenvalue weighted by Crippen LogP contribution is -2.31. The largest absolute Gasteiger partial charge is 0.349 e. The van der Waals surface area contributed by atoms with Crippen LogP contribution in [0.2, 0.25) is 0 Å². The van der Waals surface area contributed by atoms with Crippen molar-refractivity contribution >= 4 is 29.9 Å². The lowest BCUT2D eigenvalue weighted by molar-refractivity contribution is -0.120. The van der Waals surface area contributed by atoms with E-state index in [0.29, 0.717) is 24.3 Å². The Balaban J connectivity index is 0.00000264. The van der Waals surface area contributed by atoms with Gasteiger partial charge in [0.25, 0.3) is 5.91 Å². The normalized spacial score (nSPS) is 19.5. The SMILES string of the molecule is C=CCNC(=O)c1ccccc1NC(=O)[C@@H]1CCC[C@@H]1CN.Cl. The number of nitrogens with one attached hydrogen (secondary N) is 2. The van der Waals surface area contributed by atoms with Crippen molar-refractivity contribution in [1.82, 2.24) is 5.32 Å². The molecular formula is C17H24ClN3O2. The predicted octanol–water partition coefficient (Wildman–Crippen LogP) is 2.34. The van der Waals surface area contributed by atoms with Crippen LogP contribution in [-0.2, 0) is 4.79 Å². The summed E-state index contributed by atoms with van der Waals surface area (Å²) in [5, 5.41) is 5.62. The second-order valence-corrected chi connectivity index (χ2v) is 5.57. The summed E-state index contributed by atoms with van der Waals surface area (Å²) in [6.45, 7) is 4.49. The number of carbonyl (C=O) groups is 2. The Labute approximate surface area is 143 Å². The quantitative estimate of drug-likeness (QED) is 0.696. The van der Waals surface area contributed by atoms with Crippen molar-refractivity contribution in [2.75, 3.05) is 18.4 Å². The number of para-hydroxylation sites is 1. The zero-order valence-corrected chi connectivity index (χ0v) is 13.9. The Morgan fingerprint density at radius 3 is 2.74 bits per heavy atom. The van der Waals surface area contributed by atoms with Crippen LogP contribution in [0.3, 0.4) is 0 Å². The van der Waals surface area contributed by atoms with E-state index in [1.54, 1.807) is 30.3 Å². The van der Waals surface area contributed by atoms with Crippen LogP contribution in [0.4, 0.5) is 5.69 Å². The molecule has 0 bridgehead atoms. The third-order valence-corrected chi connectivity index (χ3v) is 4.14. The average Bonchev–Trinajstić information content (AvgIpc) is 3.01. The summed E-state index contributed by atoms with van der Waals surface area (Å²) in [4.78, 5) is 24.6. The molecule has 1 saturated carbocycles. The van der Waals surface area contributed by atoms with Crippen molar-refractivity contribution < 1.29 is 9.59 Å². The van der Waals surface area contributed by atoms with Crippen LogP contribution in [0.5, 0.6) is 0 Å². The zero-order chi connectivity index (χ0) is 15.9. The number of carbonyl (C=O) groups excluding carboxylic acids is 2. The Morgan fingerprint density at radius 2 is 2.04 bits per heavy atom. The molecule has 0 aromatic heterocycles. The maximum Gasteiger partial charge on any atom is 0.253 e. The molecule has 1 aliphatic rings. The molecule has 4 N–H and O–H groups in total. The van der Waals surface area contributed by atoms with Gasteiger partial charge in [-0.2, -0.15) is 0 Å². The molecule has 6 heteroatoms. The summed E-state index contributed by atoms with van der Waals surface area (Å²) < 4.78 is 0. The van der Waals surface area contributed by atoms with Gasteiger partial charge in [-0.15, -0.1) is 19.0 Å². The Kier molecular flexibility index (Phi) is 7.78. The van der Waals surface area contributed by atoms with E-state index < -0.39 is 0 Å². The molecule has 2 amide bonds. The van der Waals surface area contributed by atoms with E-state index in [4.69, 9.17) is 5.73 Å². The minimum absolute atomic E-state index is 0. The van der Waals surface area contributed by atoms with Crippen LogP contribution in [0.1, 0.15) is 29.6 Å². The van der Waals surface area contributed by atoms with Crippen molar-refractivity contribution in [2.45, 2.75) is 19.3 Å². The van der Waals surface area contributed by atoms with Crippen LogP contribution in [0, 0.1) is 11.8 Å². The molecule has 1 aromatic rings. The molecule has 0 radical (unpaired) electrons. The number of hydrogen-bond acceptors (Lipinski definition) is 3. The molecule has 5 nitrogen and oxygen atoms in total. The van der Waals surface area contributed by atoms with Crippen LogP contribution >= 0.6 is 12.4 Å². The topological polar surface area (TPSA) is 84.2 Å². The van der Waals surface area contributed by atoms with Gasteiger partial charge in [-0.05, 0) is 37.4 Å². The van der Waals surface area contributed by atoms with Gasteiger partial charge in [-0.25, -0.2) is 0 Å². The smallest absolute Gasteiger partial charge is 0.253 e. The second kappa shape index (κ2) is 9.33. The highest BCUT2D eigenvalue weighted by molar-refractivity contribution is 6.04. The van der Waals surface area contributed by atoms with Gasteiger partial charge in [-0.1, -0.05) is 24.6 Å². The number of anilines is 1. The molecule has 0 heterocycles. The van der Waals surface area contributed by atoms with Crippen molar-refractivity contribution in [3.63, 3.8) is 0 Å². The summed E-state index contributed by atoms with van der Waals surface area (Å²) in [5.41, 5.74) is 6.73. The molecular weight excluding hydrogens is 314 g/mol. The van der Waals surface area contributed by atoms with Crippen molar-refractivity contribution in [1.29, 1.82) is 0 Å². The highest BCUT2D eigenvalue weighted by atomic mass is 35.5. The molecule has 0 unspecified atom stereocenters. The Bertz CT molecular complexity index is 563. The number of nitrogens with two attached hydrogens (primary N) is 1. The fourth-order valence-corrected chi connectivity index (χ4v) is 2.94. The molecule has 1 aromatic carbocycles. The monoisotopic (exact) mass is 337 g/mol. The van der Waals surface area contributed by atoms with E-state index in [-0.39, 0.29) is 36.1 Å². The number of rotatable bonds is 6. The van der Waals surface area contributed by atoms with Gasteiger partial charge in [0.2, 0.25) is 5.91 Å². The maximum atomic E-state index is 12.5. The van der Waals surface area contributed by atoms with Crippen molar-refractivity contribution in [2.24, 2.45) is 17.6 Å². The number of benzene rings is 1. The molecule has 0 spiro atoms. The van der Waals surface area contributed by atoms with Crippen LogP contribution in [-0.4, -0.2) is 24.9 Å². The number of amides is 2. The predicted molar refractivity (Wildman–Crippen MR) is 94.7 cm³/mol. The molecule has 0 saturated heterocycles. The van der Waals surface area contributed by atoms with E-state index in [9.17, 15) is 9.59 Å². The number of hydrogen-bond donors (Lipinski definition) is 3. The summed E-state index contributed by atoms with van der Waals surface area (Å²) in [5.74, 6) is -0.0921. The Morgan fingerprint density at radius 1 is 1.30 bits per heavy atom. The molecule has 1 fully saturated rings. The number of halogens is 1. The second-order valence-electron chi connectivity index (χ2n) is 5.57. The van der Waals surface area contributed by atoms with E-state index in [0.717, 1.165) is 19.3 Å². The van der Waals surface area contributed by atoms with Gasteiger partial charge in [0.1, 0.15) is 0 Å². The third-order valence-electron chi connectivity index (χ3n) is 4.14. The summed E-state index contributed by atoms with van der Waals surface area (Å²) in [7, 11) is 0. The van der Waals surface area contributed by atoms with Gasteiger partial charge in [0, 0.05) is 12.5 Å². The third kappa shape index (κ3) is 4.81. The van der Waals surface area contributed by atoms with Crippen LogP contribution in [0.15, 0.2) is 36.9 Å². The van der Waals surface area contributed by atoms with Gasteiger partial charge in [0.05, 0.1) is 11.3 Å². The van der Waals surface area contributed by atoms with Crippen LogP contribution in [0.25, 0.3) is 0 Å². The van der Waals surface area contributed by atoms with Gasteiger partial charge in [0.15, 0.2) is 0 Å². The maximum absolute atomic E-state index is 12.5. The van der Waals surface area contributed by atoms with Crippen LogP contribution < -0.4 is 16.4 Å². The first-order valence-electron chi connectivity index (χ1n) is 7.66. The van der Waals surface area contributed by atoms with E-state index in [2.05, 4.69) is 17.2 Å². The van der Waals surface area contributed by atoms with E-state index in [1.165, 1.54) is 0 Å². The highest BCUT2D eigenvalue weighted by Gasteiger charge is 2.32. The fourth-order valence-electron chi connectivity index (χ4n) is 2.94. The minimum atomic E-state index is -0.224. The summed E-state index contributed by atoms with van der Waals surface area (Å²) in [6, 6.07) is 7.02. The summed E-state index contributed by atoms with van der Waals surface area (Å²) in [6.07, 6.45) is 4.50. The van der Waals surface area contributed by atoms with Gasteiger partial charge >= 0.3 is 0 Å². The minimum Gasteiger partial charge on any atom is -0.349 e. The molecule has 2 rings (SSSR count). The van der Waals surface area contributed by atoms with E-state index in [1.807, 2.05) is 0 Å².